The molecule has 0 radical (unpaired) electrons. The first-order valence-corrected chi connectivity index (χ1v) is 9.26. The molecule has 1 amide bonds. The summed E-state index contributed by atoms with van der Waals surface area (Å²) in [4.78, 5) is 18.6. The van der Waals surface area contributed by atoms with Crippen LogP contribution < -0.4 is 10.2 Å². The summed E-state index contributed by atoms with van der Waals surface area (Å²) < 4.78 is 0. The van der Waals surface area contributed by atoms with Gasteiger partial charge in [0.2, 0.25) is 6.41 Å². The largest absolute Gasteiger partial charge is 0.366 e. The Morgan fingerprint density at radius 1 is 1.04 bits per heavy atom. The monoisotopic (exact) mass is 345 g/mol. The van der Waals surface area contributed by atoms with Crippen molar-refractivity contribution in [1.29, 1.82) is 0 Å². The van der Waals surface area contributed by atoms with Crippen molar-refractivity contribution in [3.8, 4) is 0 Å². The summed E-state index contributed by atoms with van der Waals surface area (Å²) in [7, 11) is 0. The van der Waals surface area contributed by atoms with Gasteiger partial charge in [0, 0.05) is 24.0 Å². The van der Waals surface area contributed by atoms with Crippen molar-refractivity contribution in [3.05, 3.63) is 66.2 Å². The molecule has 0 atom stereocenters. The molecular formula is C22H23N3O. The standard InChI is InChI=1S/C22H23N3O/c26-16-25(18-10-4-5-11-18)21-14-22(23-15-17-8-2-1-3-9-17)24-20-13-7-6-12-19(20)21/h1-3,6-9,12-14,16,18H,4-5,10-11,15H2,(H,23,24). The minimum absolute atomic E-state index is 0.292. The van der Waals surface area contributed by atoms with Crippen LogP contribution in [-0.4, -0.2) is 17.4 Å². The zero-order valence-electron chi connectivity index (χ0n) is 14.8. The van der Waals surface area contributed by atoms with Gasteiger partial charge in [0.1, 0.15) is 5.82 Å². The van der Waals surface area contributed by atoms with Crippen molar-refractivity contribution in [1.82, 2.24) is 4.98 Å². The molecule has 4 heteroatoms. The number of nitrogens with one attached hydrogen (secondary N) is 1. The van der Waals surface area contributed by atoms with Crippen molar-refractivity contribution in [3.63, 3.8) is 0 Å². The van der Waals surface area contributed by atoms with Gasteiger partial charge in [0.25, 0.3) is 0 Å². The maximum atomic E-state index is 11.9. The number of aromatic nitrogens is 1. The summed E-state index contributed by atoms with van der Waals surface area (Å²) in [6.45, 7) is 0.705. The number of carbonyl (C=O) groups excluding carboxylic acids is 1. The maximum Gasteiger partial charge on any atom is 0.214 e. The van der Waals surface area contributed by atoms with Gasteiger partial charge in [-0.2, -0.15) is 0 Å². The Morgan fingerprint density at radius 2 is 1.77 bits per heavy atom. The number of benzene rings is 2. The average molecular weight is 345 g/mol. The van der Waals surface area contributed by atoms with Gasteiger partial charge in [-0.05, 0) is 24.5 Å². The number of fused-ring (bicyclic) bond motifs is 1. The second-order valence-corrected chi connectivity index (χ2v) is 6.83. The van der Waals surface area contributed by atoms with Gasteiger partial charge < -0.3 is 10.2 Å². The summed E-state index contributed by atoms with van der Waals surface area (Å²) >= 11 is 0. The van der Waals surface area contributed by atoms with Crippen LogP contribution in [0.15, 0.2) is 60.7 Å². The van der Waals surface area contributed by atoms with Crippen molar-refractivity contribution in [2.24, 2.45) is 0 Å². The summed E-state index contributed by atoms with van der Waals surface area (Å²) in [6.07, 6.45) is 5.51. The third kappa shape index (κ3) is 3.40. The van der Waals surface area contributed by atoms with Crippen molar-refractivity contribution >= 4 is 28.8 Å². The van der Waals surface area contributed by atoms with Gasteiger partial charge in [-0.3, -0.25) is 4.79 Å². The summed E-state index contributed by atoms with van der Waals surface area (Å²) in [6, 6.07) is 20.6. The number of rotatable bonds is 6. The number of anilines is 2. The molecule has 26 heavy (non-hydrogen) atoms. The Labute approximate surface area is 153 Å². The second kappa shape index (κ2) is 7.56. The van der Waals surface area contributed by atoms with Gasteiger partial charge in [-0.1, -0.05) is 61.4 Å². The van der Waals surface area contributed by atoms with Crippen LogP contribution in [0.5, 0.6) is 0 Å². The molecular weight excluding hydrogens is 322 g/mol. The van der Waals surface area contributed by atoms with E-state index in [1.54, 1.807) is 0 Å². The van der Waals surface area contributed by atoms with Crippen LogP contribution in [0.2, 0.25) is 0 Å². The molecule has 1 heterocycles. The van der Waals surface area contributed by atoms with E-state index in [4.69, 9.17) is 4.98 Å². The summed E-state index contributed by atoms with van der Waals surface area (Å²) in [5.41, 5.74) is 3.06. The van der Waals surface area contributed by atoms with Crippen molar-refractivity contribution in [2.75, 3.05) is 10.2 Å². The lowest BCUT2D eigenvalue weighted by Gasteiger charge is -2.26. The minimum atomic E-state index is 0.292. The highest BCUT2D eigenvalue weighted by atomic mass is 16.1. The topological polar surface area (TPSA) is 45.2 Å². The molecule has 0 aliphatic heterocycles. The fourth-order valence-electron chi connectivity index (χ4n) is 3.77. The summed E-state index contributed by atoms with van der Waals surface area (Å²) in [5.74, 6) is 0.799. The molecule has 1 aliphatic carbocycles. The number of nitrogens with zero attached hydrogens (tertiary/aromatic N) is 2. The molecule has 1 aromatic heterocycles. The van der Waals surface area contributed by atoms with E-state index in [0.29, 0.717) is 12.6 Å². The molecule has 1 N–H and O–H groups in total. The molecule has 0 bridgehead atoms. The molecule has 132 valence electrons. The predicted octanol–water partition coefficient (Wildman–Crippen LogP) is 4.75. The number of hydrogen-bond acceptors (Lipinski definition) is 3. The minimum Gasteiger partial charge on any atom is -0.366 e. The fourth-order valence-corrected chi connectivity index (χ4v) is 3.77. The number of carbonyl (C=O) groups is 1. The number of pyridine rings is 1. The van der Waals surface area contributed by atoms with E-state index >= 15 is 0 Å². The van der Waals surface area contributed by atoms with Gasteiger partial charge in [-0.15, -0.1) is 0 Å². The molecule has 0 saturated heterocycles. The Kier molecular flexibility index (Phi) is 4.82. The second-order valence-electron chi connectivity index (χ2n) is 6.83. The molecule has 0 spiro atoms. The van der Waals surface area contributed by atoms with Gasteiger partial charge >= 0.3 is 0 Å². The van der Waals surface area contributed by atoms with Crippen molar-refractivity contribution < 1.29 is 4.79 Å². The first-order chi connectivity index (χ1) is 12.8. The number of para-hydroxylation sites is 1. The Bertz CT molecular complexity index is 888. The van der Waals surface area contributed by atoms with Gasteiger partial charge in [-0.25, -0.2) is 4.98 Å². The molecule has 0 unspecified atom stereocenters. The first kappa shape index (κ1) is 16.6. The third-order valence-corrected chi connectivity index (χ3v) is 5.12. The van der Waals surface area contributed by atoms with E-state index < -0.39 is 0 Å². The molecule has 1 aliphatic rings. The lowest BCUT2D eigenvalue weighted by atomic mass is 10.1. The average Bonchev–Trinajstić information content (AvgIpc) is 3.22. The normalized spacial score (nSPS) is 14.5. The Morgan fingerprint density at radius 3 is 2.54 bits per heavy atom. The van der Waals surface area contributed by atoms with Crippen LogP contribution in [-0.2, 0) is 11.3 Å². The van der Waals surface area contributed by atoms with E-state index in [2.05, 4.69) is 17.4 Å². The molecule has 4 nitrogen and oxygen atoms in total. The Hall–Kier alpha value is -2.88. The molecule has 3 aromatic rings. The van der Waals surface area contributed by atoms with Crippen LogP contribution in [0.25, 0.3) is 10.9 Å². The lowest BCUT2D eigenvalue weighted by Crippen LogP contribution is -2.32. The molecule has 1 fully saturated rings. The van der Waals surface area contributed by atoms with E-state index in [1.807, 2.05) is 53.4 Å². The third-order valence-electron chi connectivity index (χ3n) is 5.12. The highest BCUT2D eigenvalue weighted by Crippen LogP contribution is 2.33. The Balaban J connectivity index is 1.69. The maximum absolute atomic E-state index is 11.9. The van der Waals surface area contributed by atoms with E-state index in [-0.39, 0.29) is 0 Å². The van der Waals surface area contributed by atoms with Crippen molar-refractivity contribution in [2.45, 2.75) is 38.3 Å². The summed E-state index contributed by atoms with van der Waals surface area (Å²) in [5, 5.41) is 4.43. The zero-order valence-corrected chi connectivity index (χ0v) is 14.8. The van der Waals surface area contributed by atoms with Crippen LogP contribution in [0.3, 0.4) is 0 Å². The lowest BCUT2D eigenvalue weighted by molar-refractivity contribution is -0.107. The first-order valence-electron chi connectivity index (χ1n) is 9.26. The highest BCUT2D eigenvalue weighted by molar-refractivity contribution is 5.98. The highest BCUT2D eigenvalue weighted by Gasteiger charge is 2.24. The van der Waals surface area contributed by atoms with Crippen LogP contribution >= 0.6 is 0 Å². The number of amides is 1. The van der Waals surface area contributed by atoms with Crippen LogP contribution in [0, 0.1) is 0 Å². The fraction of sp³-hybridized carbons (Fsp3) is 0.273. The number of hydrogen-bond donors (Lipinski definition) is 1. The predicted molar refractivity (Wildman–Crippen MR) is 106 cm³/mol. The quantitative estimate of drug-likeness (QED) is 0.656. The van der Waals surface area contributed by atoms with E-state index in [0.717, 1.165) is 41.7 Å². The van der Waals surface area contributed by atoms with Gasteiger partial charge in [0.15, 0.2) is 0 Å². The SMILES string of the molecule is O=CN(c1cc(NCc2ccccc2)nc2ccccc12)C1CCCC1. The van der Waals surface area contributed by atoms with E-state index in [9.17, 15) is 4.79 Å². The smallest absolute Gasteiger partial charge is 0.214 e. The van der Waals surface area contributed by atoms with E-state index in [1.165, 1.54) is 18.4 Å². The molecule has 1 saturated carbocycles. The zero-order chi connectivity index (χ0) is 17.8. The molecule has 2 aromatic carbocycles. The van der Waals surface area contributed by atoms with Gasteiger partial charge in [0.05, 0.1) is 11.2 Å². The van der Waals surface area contributed by atoms with Crippen LogP contribution in [0.1, 0.15) is 31.2 Å². The molecule has 4 rings (SSSR count). The van der Waals surface area contributed by atoms with Crippen LogP contribution in [0.4, 0.5) is 11.5 Å².